The van der Waals surface area contributed by atoms with Gasteiger partial charge >= 0.3 is 23.9 Å². The van der Waals surface area contributed by atoms with Crippen molar-refractivity contribution in [1.82, 2.24) is 29.9 Å². The number of carbonyl (C=O) groups is 4. The Bertz CT molecular complexity index is 1390. The standard InChI is InChI=1S/C19H31N4O5.C19H29N4O5.2V/c2*24-17(11-22(13-18(25)26)9-15-5-1-3-7-20-15)12-23(14-19(27)28)10-16-6-2-4-8-21-16;;/h1,3,5,7,15-17,21,24H,2,4,6,8-14H2,(H,25,26)(H,27,28);1,3,5,7,16-17,24H,2,4,6,8-14H2,(H,25,26)(H,27,28);;/q2*-1;;. The first-order chi connectivity index (χ1) is 26.8. The summed E-state index contributed by atoms with van der Waals surface area (Å²) in [6.07, 6.45) is 13.4. The van der Waals surface area contributed by atoms with Gasteiger partial charge in [0.15, 0.2) is 0 Å². The molecule has 0 amide bonds. The van der Waals surface area contributed by atoms with Crippen LogP contribution in [-0.4, -0.2) is 195 Å². The third kappa shape index (κ3) is 24.3. The molecule has 1 aromatic rings. The summed E-state index contributed by atoms with van der Waals surface area (Å²) in [4.78, 5) is 55.6. The van der Waals surface area contributed by atoms with Gasteiger partial charge in [-0.2, -0.15) is 6.20 Å². The Kier molecular flexibility index (Phi) is 27.7. The number of rotatable bonds is 24. The third-order valence-corrected chi connectivity index (χ3v) is 9.37. The number of nitrogens with one attached hydrogen (secondary N) is 1. The molecular weight excluding hydrogens is 830 g/mol. The number of nitrogens with zero attached hydrogens (tertiary/aromatic N) is 7. The van der Waals surface area contributed by atoms with Crippen LogP contribution in [0, 0.1) is 0 Å². The number of allylic oxidation sites excluding steroid dienone is 2. The van der Waals surface area contributed by atoms with Crippen LogP contribution in [0.25, 0.3) is 10.6 Å². The Morgan fingerprint density at radius 1 is 0.724 bits per heavy atom. The monoisotopic (exact) mass is 890 g/mol. The molecule has 3 aliphatic heterocycles. The zero-order chi connectivity index (χ0) is 40.7. The Labute approximate surface area is 364 Å². The number of piperidine rings is 2. The van der Waals surface area contributed by atoms with Crippen LogP contribution in [0.2, 0.25) is 0 Å². The van der Waals surface area contributed by atoms with Crippen molar-refractivity contribution < 1.29 is 86.9 Å². The molecule has 7 N–H and O–H groups in total. The van der Waals surface area contributed by atoms with Gasteiger partial charge < -0.3 is 46.6 Å². The second-order valence-electron chi connectivity index (χ2n) is 14.6. The minimum atomic E-state index is -0.994. The van der Waals surface area contributed by atoms with Crippen molar-refractivity contribution in [3.05, 3.63) is 65.2 Å². The van der Waals surface area contributed by atoms with Crippen LogP contribution in [0.1, 0.15) is 44.2 Å². The Hall–Kier alpha value is -2.84. The molecule has 0 aromatic carbocycles. The molecule has 0 aliphatic carbocycles. The number of pyridine rings is 1. The quantitative estimate of drug-likeness (QED) is 0.0755. The van der Waals surface area contributed by atoms with E-state index in [1.807, 2.05) is 18.2 Å². The Morgan fingerprint density at radius 3 is 1.79 bits per heavy atom. The van der Waals surface area contributed by atoms with E-state index in [1.54, 1.807) is 50.2 Å². The first-order valence-corrected chi connectivity index (χ1v) is 19.3. The number of carboxylic acids is 4. The van der Waals surface area contributed by atoms with Gasteiger partial charge in [0.1, 0.15) is 0 Å². The number of aliphatic carboxylic acids is 4. The van der Waals surface area contributed by atoms with Crippen molar-refractivity contribution in [1.29, 1.82) is 0 Å². The van der Waals surface area contributed by atoms with Crippen LogP contribution < -0.4 is 5.32 Å². The van der Waals surface area contributed by atoms with Crippen molar-refractivity contribution >= 4 is 23.9 Å². The molecule has 58 heavy (non-hydrogen) atoms. The first-order valence-electron chi connectivity index (χ1n) is 19.3. The summed E-state index contributed by atoms with van der Waals surface area (Å²) in [5.74, 6) is -3.87. The molecule has 2 radical (unpaired) electrons. The summed E-state index contributed by atoms with van der Waals surface area (Å²) < 4.78 is 0. The molecule has 18 nitrogen and oxygen atoms in total. The number of aliphatic hydroxyl groups excluding tert-OH is 2. The van der Waals surface area contributed by atoms with E-state index in [0.717, 1.165) is 51.6 Å². The van der Waals surface area contributed by atoms with E-state index in [4.69, 9.17) is 10.2 Å². The fourth-order valence-corrected chi connectivity index (χ4v) is 7.11. The molecular formula is C38H60N8O10V2-2. The van der Waals surface area contributed by atoms with E-state index in [0.29, 0.717) is 31.9 Å². The van der Waals surface area contributed by atoms with Crippen molar-refractivity contribution in [3.8, 4) is 0 Å². The smallest absolute Gasteiger partial charge is 0.317 e. The second kappa shape index (κ2) is 30.2. The molecule has 3 aliphatic rings. The number of hydrogen-bond acceptors (Lipinski definition) is 12. The van der Waals surface area contributed by atoms with Gasteiger partial charge in [-0.05, 0) is 44.6 Å². The molecule has 0 spiro atoms. The van der Waals surface area contributed by atoms with E-state index in [-0.39, 0.29) is 108 Å². The maximum atomic E-state index is 11.2. The molecule has 2 saturated heterocycles. The average Bonchev–Trinajstić information content (AvgIpc) is 3.12. The Morgan fingerprint density at radius 2 is 1.29 bits per heavy atom. The fourth-order valence-electron chi connectivity index (χ4n) is 7.11. The van der Waals surface area contributed by atoms with Crippen LogP contribution in [0.15, 0.2) is 48.8 Å². The van der Waals surface area contributed by atoms with Crippen LogP contribution in [0.5, 0.6) is 0 Å². The average molecular weight is 891 g/mol. The summed E-state index contributed by atoms with van der Waals surface area (Å²) in [5.41, 5.74) is 0.708. The van der Waals surface area contributed by atoms with E-state index < -0.39 is 36.1 Å². The van der Waals surface area contributed by atoms with Crippen molar-refractivity contribution in [3.63, 3.8) is 0 Å². The predicted octanol–water partition coefficient (Wildman–Crippen LogP) is 0.725. The molecule has 1 aromatic heterocycles. The largest absolute Gasteiger partial charge is 0.684 e. The van der Waals surface area contributed by atoms with Crippen molar-refractivity contribution in [2.24, 2.45) is 0 Å². The van der Waals surface area contributed by atoms with E-state index in [2.05, 4.69) is 20.9 Å². The fraction of sp³-hybridized carbons (Fsp3) is 0.658. The molecule has 0 saturated carbocycles. The minimum absolute atomic E-state index is 0. The maximum absolute atomic E-state index is 11.2. The SMILES string of the molecule is O=C(O)CN(CC(O)CN(CC(=O)O)CC1CCCCN1)CC1C=CC=C[N-]1.O=C(O)CN(Cc1ccccn1)CC(O)CN(CC(=O)O)CC1CCCC[N-]1.[V].[V]. The van der Waals surface area contributed by atoms with Crippen LogP contribution >= 0.6 is 0 Å². The summed E-state index contributed by atoms with van der Waals surface area (Å²) in [7, 11) is 0. The van der Waals surface area contributed by atoms with Gasteiger partial charge in [-0.15, -0.1) is 12.6 Å². The van der Waals surface area contributed by atoms with Crippen LogP contribution in [0.3, 0.4) is 0 Å². The van der Waals surface area contributed by atoms with Gasteiger partial charge in [0, 0.05) is 88.6 Å². The minimum Gasteiger partial charge on any atom is -0.684 e. The zero-order valence-corrected chi connectivity index (χ0v) is 35.8. The van der Waals surface area contributed by atoms with Crippen molar-refractivity contribution in [2.45, 2.75) is 75.4 Å². The molecule has 2 fully saturated rings. The van der Waals surface area contributed by atoms with E-state index in [1.165, 1.54) is 0 Å². The first kappa shape index (κ1) is 53.2. The molecule has 5 atom stereocenters. The topological polar surface area (TPSA) is 256 Å². The third-order valence-electron chi connectivity index (χ3n) is 9.37. The molecule has 4 heterocycles. The number of aromatic nitrogens is 1. The second-order valence-corrected chi connectivity index (χ2v) is 14.6. The molecule has 324 valence electrons. The summed E-state index contributed by atoms with van der Waals surface area (Å²) in [5, 5.41) is 69.9. The predicted molar refractivity (Wildman–Crippen MR) is 208 cm³/mol. The van der Waals surface area contributed by atoms with Gasteiger partial charge in [-0.3, -0.25) is 43.8 Å². The van der Waals surface area contributed by atoms with Crippen LogP contribution in [-0.2, 0) is 62.8 Å². The van der Waals surface area contributed by atoms with Gasteiger partial charge in [0.2, 0.25) is 0 Å². The van der Waals surface area contributed by atoms with Crippen LogP contribution in [0.4, 0.5) is 0 Å². The van der Waals surface area contributed by atoms with Crippen molar-refractivity contribution in [2.75, 3.05) is 85.1 Å². The molecule has 4 rings (SSSR count). The van der Waals surface area contributed by atoms with Gasteiger partial charge in [0.05, 0.1) is 44.1 Å². The van der Waals surface area contributed by atoms with Gasteiger partial charge in [-0.1, -0.05) is 56.0 Å². The summed E-state index contributed by atoms with van der Waals surface area (Å²) >= 11 is 0. The van der Waals surface area contributed by atoms with Gasteiger partial charge in [-0.25, -0.2) is 0 Å². The molecule has 5 unspecified atom stereocenters. The van der Waals surface area contributed by atoms with E-state index in [9.17, 15) is 39.6 Å². The molecule has 0 bridgehead atoms. The zero-order valence-electron chi connectivity index (χ0n) is 33.0. The normalized spacial score (nSPS) is 19.9. The van der Waals surface area contributed by atoms with Gasteiger partial charge in [0.25, 0.3) is 0 Å². The Balaban J connectivity index is 0.000000561. The number of carboxylic acid groups (broad SMARTS) is 4. The van der Waals surface area contributed by atoms with E-state index >= 15 is 0 Å². The maximum Gasteiger partial charge on any atom is 0.317 e. The summed E-state index contributed by atoms with van der Waals surface area (Å²) in [6.45, 7) is 3.25. The number of aliphatic hydroxyl groups is 2. The molecule has 20 heteroatoms. The summed E-state index contributed by atoms with van der Waals surface area (Å²) in [6, 6.07) is 5.54. The number of hydrogen-bond donors (Lipinski definition) is 7.